The minimum absolute atomic E-state index is 0.0840. The van der Waals surface area contributed by atoms with Crippen LogP contribution in [0.2, 0.25) is 0 Å². The lowest BCUT2D eigenvalue weighted by atomic mass is 10.0. The van der Waals surface area contributed by atoms with Crippen molar-refractivity contribution >= 4 is 38.6 Å². The molecule has 4 aromatic rings. The predicted octanol–water partition coefficient (Wildman–Crippen LogP) is 6.49. The molecule has 2 N–H and O–H groups in total. The first-order chi connectivity index (χ1) is 20.0. The molecule has 0 saturated carbocycles. The van der Waals surface area contributed by atoms with E-state index in [0.717, 1.165) is 77.7 Å². The van der Waals surface area contributed by atoms with Crippen molar-refractivity contribution < 1.29 is 9.13 Å². The van der Waals surface area contributed by atoms with Crippen molar-refractivity contribution in [1.29, 1.82) is 0 Å². The third-order valence-corrected chi connectivity index (χ3v) is 9.30. The van der Waals surface area contributed by atoms with E-state index in [4.69, 9.17) is 4.74 Å². The number of benzene rings is 2. The third-order valence-electron chi connectivity index (χ3n) is 7.43. The fraction of sp³-hybridized carbons (Fsp3) is 0.406. The molecule has 10 heteroatoms. The molecule has 1 aliphatic heterocycles. The highest BCUT2D eigenvalue weighted by atomic mass is 32.3. The Balaban J connectivity index is 1.56. The molecule has 0 bridgehead atoms. The van der Waals surface area contributed by atoms with Crippen LogP contribution in [-0.4, -0.2) is 77.1 Å². The molecule has 226 valence electrons. The number of nitrogens with zero attached hydrogens (tertiary/aromatic N) is 3. The first-order valence-electron chi connectivity index (χ1n) is 14.3. The minimum Gasteiger partial charge on any atom is -0.454 e. The summed E-state index contributed by atoms with van der Waals surface area (Å²) in [7, 11) is 3.09. The number of nitrogens with one attached hydrogen (secondary N) is 2. The number of hydrogen-bond acceptors (Lipinski definition) is 6. The van der Waals surface area contributed by atoms with E-state index in [1.807, 2.05) is 30.5 Å². The van der Waals surface area contributed by atoms with Crippen molar-refractivity contribution in [3.8, 4) is 22.6 Å². The Labute approximate surface area is 253 Å². The minimum atomic E-state index is -0.812. The van der Waals surface area contributed by atoms with Crippen LogP contribution in [0.3, 0.4) is 0 Å². The molecule has 0 amide bonds. The van der Waals surface area contributed by atoms with E-state index in [9.17, 15) is 4.79 Å². The summed E-state index contributed by atoms with van der Waals surface area (Å²) >= 11 is 1.60. The van der Waals surface area contributed by atoms with E-state index in [1.54, 1.807) is 35.7 Å². The first kappa shape index (κ1) is 30.5. The smallest absolute Gasteiger partial charge is 0.274 e. The number of halogens is 1. The van der Waals surface area contributed by atoms with Gasteiger partial charge in [0.25, 0.3) is 5.56 Å². The monoisotopic (exact) mass is 611 g/mol. The Morgan fingerprint density at radius 2 is 1.74 bits per heavy atom. The zero-order valence-corrected chi connectivity index (χ0v) is 27.1. The van der Waals surface area contributed by atoms with E-state index in [0.29, 0.717) is 11.3 Å². The maximum Gasteiger partial charge on any atom is 0.274 e. The number of H-pyrrole nitrogens is 1. The molecule has 42 heavy (non-hydrogen) atoms. The van der Waals surface area contributed by atoms with Gasteiger partial charge in [-0.2, -0.15) is 0 Å². The first-order valence-corrected chi connectivity index (χ1v) is 18.3. The summed E-state index contributed by atoms with van der Waals surface area (Å²) < 4.78 is 26.6. The van der Waals surface area contributed by atoms with Gasteiger partial charge in [0.15, 0.2) is 11.6 Å². The van der Waals surface area contributed by atoms with Crippen LogP contribution in [-0.2, 0) is 19.3 Å². The van der Waals surface area contributed by atoms with Crippen LogP contribution in [0.4, 0.5) is 10.1 Å². The van der Waals surface area contributed by atoms with Gasteiger partial charge in [-0.3, -0.25) is 9.69 Å². The molecule has 0 radical (unpaired) electrons. The van der Waals surface area contributed by atoms with Gasteiger partial charge in [-0.1, -0.05) is 24.9 Å². The number of ether oxygens (including phenoxy) is 1. The molecule has 1 aliphatic rings. The Morgan fingerprint density at radius 1 is 1.00 bits per heavy atom. The molecule has 1 fully saturated rings. The standard InChI is InChI=1S/C32H42FN5O2S2/c1-7-41-35-23-9-11-29(40-30-10-8-22(16-28(30)33)21-42(4,5)6)25(17-23)27-20-37(3)32(39)31-26(27)18-24(34-31)19-38-14-12-36(2)13-15-38/h8-11,16-18,20,34-35H,7,12-15,19,21H2,1-6H3. The van der Waals surface area contributed by atoms with Crippen molar-refractivity contribution in [2.45, 2.75) is 19.2 Å². The number of anilines is 1. The van der Waals surface area contributed by atoms with Crippen molar-refractivity contribution in [1.82, 2.24) is 19.4 Å². The van der Waals surface area contributed by atoms with Gasteiger partial charge >= 0.3 is 0 Å². The summed E-state index contributed by atoms with van der Waals surface area (Å²) in [6, 6.07) is 13.2. The zero-order valence-electron chi connectivity index (χ0n) is 25.4. The summed E-state index contributed by atoms with van der Waals surface area (Å²) in [5.41, 5.74) is 4.99. The van der Waals surface area contributed by atoms with E-state index in [1.165, 1.54) is 0 Å². The predicted molar refractivity (Wildman–Crippen MR) is 179 cm³/mol. The van der Waals surface area contributed by atoms with Gasteiger partial charge in [0, 0.05) is 85.4 Å². The van der Waals surface area contributed by atoms with E-state index < -0.39 is 10.0 Å². The van der Waals surface area contributed by atoms with Gasteiger partial charge < -0.3 is 23.9 Å². The van der Waals surface area contributed by atoms with Gasteiger partial charge in [0.1, 0.15) is 11.3 Å². The fourth-order valence-corrected chi connectivity index (χ4v) is 6.94. The molecule has 0 aliphatic carbocycles. The normalized spacial score (nSPS) is 15.3. The maximum absolute atomic E-state index is 15.3. The van der Waals surface area contributed by atoms with Gasteiger partial charge in [-0.25, -0.2) is 14.4 Å². The Hall–Kier alpha value is -2.92. The van der Waals surface area contributed by atoms with E-state index in [-0.39, 0.29) is 17.1 Å². The second-order valence-electron chi connectivity index (χ2n) is 12.0. The molecular formula is C32H42FN5O2S2. The highest BCUT2D eigenvalue weighted by molar-refractivity contribution is 8.31. The highest BCUT2D eigenvalue weighted by Crippen LogP contribution is 2.42. The number of likely N-dealkylation sites (N-methyl/N-ethyl adjacent to an activating group) is 1. The Morgan fingerprint density at radius 3 is 2.43 bits per heavy atom. The average molecular weight is 612 g/mol. The lowest BCUT2D eigenvalue weighted by Crippen LogP contribution is -2.43. The quantitative estimate of drug-likeness (QED) is 0.200. The van der Waals surface area contributed by atoms with Crippen LogP contribution in [0.1, 0.15) is 18.2 Å². The van der Waals surface area contributed by atoms with Crippen molar-refractivity contribution in [2.24, 2.45) is 7.05 Å². The molecule has 5 rings (SSSR count). The molecule has 1 saturated heterocycles. The van der Waals surface area contributed by atoms with Crippen molar-refractivity contribution in [3.63, 3.8) is 0 Å². The summed E-state index contributed by atoms with van der Waals surface area (Å²) in [5, 5.41) is 0.830. The van der Waals surface area contributed by atoms with Gasteiger partial charge in [0.2, 0.25) is 0 Å². The average Bonchev–Trinajstić information content (AvgIpc) is 3.36. The second kappa shape index (κ2) is 12.8. The van der Waals surface area contributed by atoms with E-state index in [2.05, 4.69) is 58.3 Å². The molecule has 0 unspecified atom stereocenters. The number of hydrogen-bond donors (Lipinski definition) is 2. The summed E-state index contributed by atoms with van der Waals surface area (Å²) in [5.74, 6) is 2.08. The van der Waals surface area contributed by atoms with Crippen molar-refractivity contribution in [2.75, 3.05) is 62.5 Å². The number of aromatic amines is 1. The molecular weight excluding hydrogens is 570 g/mol. The van der Waals surface area contributed by atoms with E-state index >= 15 is 4.39 Å². The van der Waals surface area contributed by atoms with Crippen LogP contribution in [0.25, 0.3) is 22.0 Å². The topological polar surface area (TPSA) is 65.5 Å². The number of piperazine rings is 1. The molecule has 0 atom stereocenters. The number of aryl methyl sites for hydroxylation is 1. The summed E-state index contributed by atoms with van der Waals surface area (Å²) in [6.45, 7) is 6.85. The van der Waals surface area contributed by atoms with Crippen molar-refractivity contribution in [3.05, 3.63) is 76.1 Å². The number of fused-ring (bicyclic) bond motifs is 1. The molecule has 2 aromatic heterocycles. The summed E-state index contributed by atoms with van der Waals surface area (Å²) in [4.78, 5) is 21.4. The zero-order chi connectivity index (χ0) is 30.0. The number of pyridine rings is 1. The fourth-order valence-electron chi connectivity index (χ4n) is 5.32. The maximum atomic E-state index is 15.3. The molecule has 0 spiro atoms. The lowest BCUT2D eigenvalue weighted by Gasteiger charge is -2.31. The number of rotatable bonds is 10. The van der Waals surface area contributed by atoms with Crippen LogP contribution in [0.5, 0.6) is 11.5 Å². The van der Waals surface area contributed by atoms with Gasteiger partial charge in [0.05, 0.1) is 0 Å². The van der Waals surface area contributed by atoms with Crippen LogP contribution in [0, 0.1) is 5.82 Å². The lowest BCUT2D eigenvalue weighted by molar-refractivity contribution is 0.147. The third kappa shape index (κ3) is 7.16. The van der Waals surface area contributed by atoms with Crippen LogP contribution < -0.4 is 15.0 Å². The largest absolute Gasteiger partial charge is 0.454 e. The Kier molecular flexibility index (Phi) is 9.27. The van der Waals surface area contributed by atoms with Gasteiger partial charge in [-0.15, -0.1) is 0 Å². The highest BCUT2D eigenvalue weighted by Gasteiger charge is 2.20. The second-order valence-corrected chi connectivity index (χ2v) is 17.5. The summed E-state index contributed by atoms with van der Waals surface area (Å²) in [6.07, 6.45) is 8.51. The molecule has 3 heterocycles. The Bertz CT molecular complexity index is 1620. The van der Waals surface area contributed by atoms with Gasteiger partial charge in [-0.05, 0) is 67.8 Å². The van der Waals surface area contributed by atoms with Crippen LogP contribution in [0.15, 0.2) is 53.5 Å². The SMILES string of the molecule is CCSNc1ccc(Oc2ccc(CS(C)(C)C)cc2F)c(-c2cn(C)c(=O)c3[nH]c(CN4CCN(C)CC4)cc23)c1. The molecule has 7 nitrogen and oxygen atoms in total. The molecule has 2 aromatic carbocycles. The van der Waals surface area contributed by atoms with Crippen LogP contribution >= 0.6 is 22.0 Å². The number of aromatic nitrogens is 2.